The highest BCUT2D eigenvalue weighted by Crippen LogP contribution is 2.27. The Morgan fingerprint density at radius 1 is 1.03 bits per heavy atom. The van der Waals surface area contributed by atoms with Gasteiger partial charge < -0.3 is 14.5 Å². The monoisotopic (exact) mass is 510 g/mol. The van der Waals surface area contributed by atoms with Crippen LogP contribution in [0, 0.1) is 6.92 Å². The fourth-order valence-corrected chi connectivity index (χ4v) is 4.76. The molecule has 0 fully saturated rings. The summed E-state index contributed by atoms with van der Waals surface area (Å²) in [5.41, 5.74) is 2.59. The van der Waals surface area contributed by atoms with E-state index in [-0.39, 0.29) is 27.7 Å². The highest BCUT2D eigenvalue weighted by Gasteiger charge is 2.15. The standard InChI is InChI=1S/C24H22N4O5S2/c1-16-8-13-21(32-2)20(14-16)25-22(29)15-34-24-27-26-23(33-24)17-9-11-18(12-10-17)28-35(30,31)19-6-4-3-5-7-19/h3-14,28H,15H2,1-2H3,(H,25,29). The molecule has 1 amide bonds. The van der Waals surface area contributed by atoms with Crippen molar-refractivity contribution in [3.05, 3.63) is 78.4 Å². The van der Waals surface area contributed by atoms with E-state index >= 15 is 0 Å². The van der Waals surface area contributed by atoms with Crippen LogP contribution in [0.3, 0.4) is 0 Å². The summed E-state index contributed by atoms with van der Waals surface area (Å²) < 4.78 is 38.4. The van der Waals surface area contributed by atoms with Crippen LogP contribution >= 0.6 is 11.8 Å². The SMILES string of the molecule is COc1ccc(C)cc1NC(=O)CSc1nnc(-c2ccc(NS(=O)(=O)c3ccccc3)cc2)o1. The van der Waals surface area contributed by atoms with Crippen LogP contribution < -0.4 is 14.8 Å². The smallest absolute Gasteiger partial charge is 0.277 e. The lowest BCUT2D eigenvalue weighted by atomic mass is 10.2. The molecule has 2 N–H and O–H groups in total. The Morgan fingerprint density at radius 2 is 1.77 bits per heavy atom. The van der Waals surface area contributed by atoms with Gasteiger partial charge >= 0.3 is 0 Å². The zero-order valence-corrected chi connectivity index (χ0v) is 20.5. The number of rotatable bonds is 9. The van der Waals surface area contributed by atoms with Crippen molar-refractivity contribution in [1.29, 1.82) is 0 Å². The van der Waals surface area contributed by atoms with Crippen LogP contribution in [0.1, 0.15) is 5.56 Å². The molecule has 1 heterocycles. The molecule has 0 saturated heterocycles. The molecule has 0 spiro atoms. The number of carbonyl (C=O) groups excluding carboxylic acids is 1. The quantitative estimate of drug-likeness (QED) is 0.314. The van der Waals surface area contributed by atoms with Gasteiger partial charge in [0, 0.05) is 11.3 Å². The number of hydrogen-bond donors (Lipinski definition) is 2. The highest BCUT2D eigenvalue weighted by molar-refractivity contribution is 7.99. The summed E-state index contributed by atoms with van der Waals surface area (Å²) in [6.07, 6.45) is 0. The Bertz CT molecular complexity index is 1420. The maximum atomic E-state index is 12.5. The van der Waals surface area contributed by atoms with E-state index in [9.17, 15) is 13.2 Å². The first-order valence-electron chi connectivity index (χ1n) is 10.4. The minimum absolute atomic E-state index is 0.0684. The maximum absolute atomic E-state index is 12.5. The van der Waals surface area contributed by atoms with Crippen molar-refractivity contribution in [2.75, 3.05) is 22.9 Å². The average Bonchev–Trinajstić information content (AvgIpc) is 3.33. The predicted molar refractivity (Wildman–Crippen MR) is 134 cm³/mol. The van der Waals surface area contributed by atoms with Gasteiger partial charge in [-0.25, -0.2) is 8.42 Å². The third kappa shape index (κ3) is 6.19. The fourth-order valence-electron chi connectivity index (χ4n) is 3.11. The zero-order chi connectivity index (χ0) is 24.8. The van der Waals surface area contributed by atoms with E-state index in [2.05, 4.69) is 20.2 Å². The lowest BCUT2D eigenvalue weighted by Gasteiger charge is -2.10. The van der Waals surface area contributed by atoms with E-state index < -0.39 is 10.0 Å². The summed E-state index contributed by atoms with van der Waals surface area (Å²) in [7, 11) is -2.14. The van der Waals surface area contributed by atoms with Gasteiger partial charge in [0.25, 0.3) is 15.2 Å². The number of benzene rings is 3. The Kier molecular flexibility index (Phi) is 7.37. The van der Waals surface area contributed by atoms with Crippen LogP contribution in [0.5, 0.6) is 5.75 Å². The number of ether oxygens (including phenoxy) is 1. The van der Waals surface area contributed by atoms with Gasteiger partial charge in [-0.3, -0.25) is 9.52 Å². The minimum Gasteiger partial charge on any atom is -0.495 e. The Morgan fingerprint density at radius 3 is 2.49 bits per heavy atom. The number of aryl methyl sites for hydroxylation is 1. The first-order valence-corrected chi connectivity index (χ1v) is 12.9. The second-order valence-electron chi connectivity index (χ2n) is 7.41. The number of hydrogen-bond acceptors (Lipinski definition) is 8. The summed E-state index contributed by atoms with van der Waals surface area (Å²) >= 11 is 1.10. The highest BCUT2D eigenvalue weighted by atomic mass is 32.2. The van der Waals surface area contributed by atoms with Gasteiger partial charge in [0.2, 0.25) is 11.8 Å². The molecule has 0 saturated carbocycles. The van der Waals surface area contributed by atoms with E-state index in [1.807, 2.05) is 19.1 Å². The van der Waals surface area contributed by atoms with Crippen molar-refractivity contribution in [3.63, 3.8) is 0 Å². The third-order valence-corrected chi connectivity index (χ3v) is 7.02. The van der Waals surface area contributed by atoms with Crippen molar-refractivity contribution in [2.45, 2.75) is 17.0 Å². The molecule has 4 rings (SSSR count). The number of aromatic nitrogens is 2. The molecule has 0 aliphatic rings. The van der Waals surface area contributed by atoms with E-state index in [1.165, 1.54) is 12.1 Å². The molecule has 11 heteroatoms. The summed E-state index contributed by atoms with van der Waals surface area (Å²) in [4.78, 5) is 12.5. The normalized spacial score (nSPS) is 11.1. The van der Waals surface area contributed by atoms with Crippen molar-refractivity contribution in [1.82, 2.24) is 10.2 Å². The molecule has 0 atom stereocenters. The van der Waals surface area contributed by atoms with Crippen LogP contribution in [0.15, 0.2) is 87.3 Å². The van der Waals surface area contributed by atoms with E-state index in [0.717, 1.165) is 17.3 Å². The minimum atomic E-state index is -3.68. The lowest BCUT2D eigenvalue weighted by molar-refractivity contribution is -0.113. The van der Waals surface area contributed by atoms with Gasteiger partial charge in [0.15, 0.2) is 0 Å². The van der Waals surface area contributed by atoms with Gasteiger partial charge in [-0.05, 0) is 61.0 Å². The molecular weight excluding hydrogens is 488 g/mol. The van der Waals surface area contributed by atoms with E-state index in [1.54, 1.807) is 55.6 Å². The molecule has 0 aliphatic carbocycles. The fraction of sp³-hybridized carbons (Fsp3) is 0.125. The van der Waals surface area contributed by atoms with Crippen LogP contribution in [-0.4, -0.2) is 37.4 Å². The van der Waals surface area contributed by atoms with Crippen LogP contribution in [0.4, 0.5) is 11.4 Å². The van der Waals surface area contributed by atoms with Crippen molar-refractivity contribution >= 4 is 39.1 Å². The molecular formula is C24H22N4O5S2. The number of sulfonamides is 1. The number of amides is 1. The summed E-state index contributed by atoms with van der Waals surface area (Å²) in [5.74, 6) is 0.654. The number of nitrogens with one attached hydrogen (secondary N) is 2. The van der Waals surface area contributed by atoms with Gasteiger partial charge in [-0.15, -0.1) is 10.2 Å². The molecule has 1 aromatic heterocycles. The summed E-state index contributed by atoms with van der Waals surface area (Å²) in [5, 5.41) is 11.0. The first kappa shape index (κ1) is 24.3. The van der Waals surface area contributed by atoms with Crippen molar-refractivity contribution in [3.8, 4) is 17.2 Å². The molecule has 35 heavy (non-hydrogen) atoms. The van der Waals surface area contributed by atoms with Crippen molar-refractivity contribution < 1.29 is 22.4 Å². The van der Waals surface area contributed by atoms with E-state index in [4.69, 9.17) is 9.15 Å². The van der Waals surface area contributed by atoms with Gasteiger partial charge in [0.05, 0.1) is 23.4 Å². The summed E-state index contributed by atoms with van der Waals surface area (Å²) in [6.45, 7) is 1.93. The Hall–Kier alpha value is -3.83. The molecule has 0 aliphatic heterocycles. The number of nitrogens with zero attached hydrogens (tertiary/aromatic N) is 2. The van der Waals surface area contributed by atoms with Gasteiger partial charge in [0.1, 0.15) is 5.75 Å². The molecule has 0 radical (unpaired) electrons. The van der Waals surface area contributed by atoms with Gasteiger partial charge in [-0.2, -0.15) is 0 Å². The third-order valence-electron chi connectivity index (χ3n) is 4.80. The maximum Gasteiger partial charge on any atom is 0.277 e. The summed E-state index contributed by atoms with van der Waals surface area (Å²) in [6, 6.07) is 20.2. The number of thioether (sulfide) groups is 1. The molecule has 0 unspecified atom stereocenters. The van der Waals surface area contributed by atoms with Crippen LogP contribution in [-0.2, 0) is 14.8 Å². The second-order valence-corrected chi connectivity index (χ2v) is 10.0. The van der Waals surface area contributed by atoms with Crippen molar-refractivity contribution in [2.24, 2.45) is 0 Å². The number of anilines is 2. The topological polar surface area (TPSA) is 123 Å². The zero-order valence-electron chi connectivity index (χ0n) is 18.9. The Labute approximate surface area is 207 Å². The predicted octanol–water partition coefficient (Wildman–Crippen LogP) is 4.59. The number of methoxy groups -OCH3 is 1. The Balaban J connectivity index is 1.35. The van der Waals surface area contributed by atoms with Crippen LogP contribution in [0.25, 0.3) is 11.5 Å². The average molecular weight is 511 g/mol. The molecule has 3 aromatic carbocycles. The molecule has 4 aromatic rings. The second kappa shape index (κ2) is 10.6. The molecule has 9 nitrogen and oxygen atoms in total. The van der Waals surface area contributed by atoms with Crippen LogP contribution in [0.2, 0.25) is 0 Å². The van der Waals surface area contributed by atoms with Gasteiger partial charge in [-0.1, -0.05) is 36.0 Å². The van der Waals surface area contributed by atoms with E-state index in [0.29, 0.717) is 22.7 Å². The number of carbonyl (C=O) groups is 1. The lowest BCUT2D eigenvalue weighted by Crippen LogP contribution is -2.14. The first-order chi connectivity index (χ1) is 16.8. The largest absolute Gasteiger partial charge is 0.495 e. The molecule has 0 bridgehead atoms. The molecule has 180 valence electrons.